The Labute approximate surface area is 176 Å². The van der Waals surface area contributed by atoms with Crippen molar-refractivity contribution in [3.05, 3.63) is 35.9 Å². The van der Waals surface area contributed by atoms with Crippen LogP contribution in [-0.2, 0) is 19.1 Å². The maximum atomic E-state index is 12.5. The van der Waals surface area contributed by atoms with Gasteiger partial charge in [0, 0.05) is 24.6 Å². The van der Waals surface area contributed by atoms with Crippen molar-refractivity contribution in [3.63, 3.8) is 0 Å². The third-order valence-electron chi connectivity index (χ3n) is 6.25. The molecule has 0 unspecified atom stereocenters. The average Bonchev–Trinajstić information content (AvgIpc) is 3.14. The number of nitrogens with zero attached hydrogens (tertiary/aromatic N) is 1. The van der Waals surface area contributed by atoms with Crippen molar-refractivity contribution in [3.8, 4) is 0 Å². The summed E-state index contributed by atoms with van der Waals surface area (Å²) in [6, 6.07) is 8.57. The maximum absolute atomic E-state index is 12.5. The molecular formula is C22H29N3O5. The van der Waals surface area contributed by atoms with E-state index in [1.54, 1.807) is 30.3 Å². The number of hydrogen-bond acceptors (Lipinski definition) is 5. The predicted octanol–water partition coefficient (Wildman–Crippen LogP) is 1.66. The summed E-state index contributed by atoms with van der Waals surface area (Å²) in [7, 11) is 0. The Kier molecular flexibility index (Phi) is 7.07. The Balaban J connectivity index is 1.43. The number of rotatable bonds is 5. The first-order chi connectivity index (χ1) is 14.4. The van der Waals surface area contributed by atoms with Crippen molar-refractivity contribution < 1.29 is 23.9 Å². The summed E-state index contributed by atoms with van der Waals surface area (Å²) in [5.41, 5.74) is 4.87. The van der Waals surface area contributed by atoms with E-state index in [-0.39, 0.29) is 18.4 Å². The largest absolute Gasteiger partial charge is 0.455 e. The third kappa shape index (κ3) is 5.17. The first kappa shape index (κ1) is 21.8. The van der Waals surface area contributed by atoms with E-state index in [4.69, 9.17) is 4.74 Å². The van der Waals surface area contributed by atoms with Gasteiger partial charge in [0.2, 0.25) is 5.91 Å². The number of nitrogens with one attached hydrogen (secondary N) is 2. The minimum absolute atomic E-state index is 0.0255. The van der Waals surface area contributed by atoms with Crippen molar-refractivity contribution in [2.75, 3.05) is 13.2 Å². The van der Waals surface area contributed by atoms with Crippen LogP contribution in [0.1, 0.15) is 49.9 Å². The van der Waals surface area contributed by atoms with Gasteiger partial charge in [-0.1, -0.05) is 44.9 Å². The molecule has 0 radical (unpaired) electrons. The number of esters is 1. The highest BCUT2D eigenvalue weighted by atomic mass is 16.5. The molecule has 3 amide bonds. The van der Waals surface area contributed by atoms with Gasteiger partial charge in [-0.2, -0.15) is 0 Å². The number of amides is 3. The molecule has 1 saturated carbocycles. The molecule has 8 nitrogen and oxygen atoms in total. The van der Waals surface area contributed by atoms with Crippen LogP contribution in [0.3, 0.4) is 0 Å². The number of carbonyl (C=O) groups is 4. The number of benzene rings is 1. The highest BCUT2D eigenvalue weighted by Gasteiger charge is 2.42. The first-order valence-corrected chi connectivity index (χ1v) is 10.5. The Morgan fingerprint density at radius 3 is 2.57 bits per heavy atom. The molecule has 30 heavy (non-hydrogen) atoms. The Morgan fingerprint density at radius 2 is 1.83 bits per heavy atom. The van der Waals surface area contributed by atoms with Crippen LogP contribution in [-0.4, -0.2) is 47.8 Å². The van der Waals surface area contributed by atoms with Crippen LogP contribution in [0.15, 0.2) is 30.3 Å². The zero-order valence-electron chi connectivity index (χ0n) is 17.4. The quantitative estimate of drug-likeness (QED) is 0.562. The van der Waals surface area contributed by atoms with Gasteiger partial charge < -0.3 is 9.64 Å². The molecule has 1 aliphatic heterocycles. The molecule has 8 heteroatoms. The summed E-state index contributed by atoms with van der Waals surface area (Å²) in [5.74, 6) is -1.32. The lowest BCUT2D eigenvalue weighted by atomic mass is 9.77. The standard InChI is InChI=1S/C22H29N3O5/c1-14-7-6-10-18(15(14)2)25-12-17(11-20(25)27)22(29)30-13-19(26)23-24-21(28)16-8-4-3-5-9-16/h3-5,8-9,14-15,17-18H,6-7,10-13H2,1-2H3,(H,23,26)(H,24,28)/t14-,15+,17+,18+/m0/s1. The van der Waals surface area contributed by atoms with Gasteiger partial charge in [0.15, 0.2) is 6.61 Å². The van der Waals surface area contributed by atoms with Crippen LogP contribution in [0.2, 0.25) is 0 Å². The van der Waals surface area contributed by atoms with E-state index in [0.717, 1.165) is 12.8 Å². The molecule has 1 saturated heterocycles. The van der Waals surface area contributed by atoms with Gasteiger partial charge >= 0.3 is 5.97 Å². The second-order valence-corrected chi connectivity index (χ2v) is 8.26. The summed E-state index contributed by atoms with van der Waals surface area (Å²) in [6.45, 7) is 4.20. The summed E-state index contributed by atoms with van der Waals surface area (Å²) in [5, 5.41) is 0. The fourth-order valence-corrected chi connectivity index (χ4v) is 4.28. The smallest absolute Gasteiger partial charge is 0.311 e. The van der Waals surface area contributed by atoms with E-state index in [2.05, 4.69) is 24.7 Å². The highest BCUT2D eigenvalue weighted by molar-refractivity contribution is 5.95. The van der Waals surface area contributed by atoms with E-state index >= 15 is 0 Å². The molecular weight excluding hydrogens is 386 g/mol. The van der Waals surface area contributed by atoms with E-state index in [9.17, 15) is 19.2 Å². The lowest BCUT2D eigenvalue weighted by molar-refractivity contribution is -0.152. The van der Waals surface area contributed by atoms with Gasteiger partial charge in [0.25, 0.3) is 11.8 Å². The summed E-state index contributed by atoms with van der Waals surface area (Å²) in [4.78, 5) is 50.4. The van der Waals surface area contributed by atoms with Crippen molar-refractivity contribution in [2.24, 2.45) is 17.8 Å². The van der Waals surface area contributed by atoms with Crippen LogP contribution < -0.4 is 10.9 Å². The fourth-order valence-electron chi connectivity index (χ4n) is 4.28. The van der Waals surface area contributed by atoms with E-state index < -0.39 is 30.3 Å². The third-order valence-corrected chi connectivity index (χ3v) is 6.25. The second kappa shape index (κ2) is 9.73. The van der Waals surface area contributed by atoms with E-state index in [1.165, 1.54) is 6.42 Å². The molecule has 4 atom stereocenters. The predicted molar refractivity (Wildman–Crippen MR) is 109 cm³/mol. The van der Waals surface area contributed by atoms with Gasteiger partial charge in [-0.05, 0) is 30.4 Å². The lowest BCUT2D eigenvalue weighted by Gasteiger charge is -2.39. The van der Waals surface area contributed by atoms with Crippen molar-refractivity contribution in [2.45, 2.75) is 45.6 Å². The van der Waals surface area contributed by atoms with Gasteiger partial charge in [0.05, 0.1) is 5.92 Å². The van der Waals surface area contributed by atoms with Crippen molar-refractivity contribution >= 4 is 23.7 Å². The summed E-state index contributed by atoms with van der Waals surface area (Å²) in [6.07, 6.45) is 3.33. The highest BCUT2D eigenvalue weighted by Crippen LogP contribution is 2.35. The molecule has 1 aliphatic carbocycles. The maximum Gasteiger partial charge on any atom is 0.311 e. The van der Waals surface area contributed by atoms with E-state index in [1.807, 2.05) is 4.90 Å². The van der Waals surface area contributed by atoms with Crippen LogP contribution in [0.4, 0.5) is 0 Å². The Bertz CT molecular complexity index is 797. The summed E-state index contributed by atoms with van der Waals surface area (Å²) >= 11 is 0. The van der Waals surface area contributed by atoms with Crippen molar-refractivity contribution in [1.29, 1.82) is 0 Å². The van der Waals surface area contributed by atoms with Crippen LogP contribution >= 0.6 is 0 Å². The minimum Gasteiger partial charge on any atom is -0.455 e. The first-order valence-electron chi connectivity index (χ1n) is 10.5. The SMILES string of the molecule is C[C@H]1[C@H](N2C[C@H](C(=O)OCC(=O)NNC(=O)c3ccccc3)CC2=O)CCC[C@@H]1C. The molecule has 0 aromatic heterocycles. The number of carbonyl (C=O) groups excluding carboxylic acids is 4. The molecule has 162 valence electrons. The number of likely N-dealkylation sites (tertiary alicyclic amines) is 1. The number of hydrogen-bond donors (Lipinski definition) is 2. The van der Waals surface area contributed by atoms with Crippen LogP contribution in [0.25, 0.3) is 0 Å². The minimum atomic E-state index is -0.650. The van der Waals surface area contributed by atoms with Crippen LogP contribution in [0.5, 0.6) is 0 Å². The zero-order chi connectivity index (χ0) is 21.7. The zero-order valence-corrected chi connectivity index (χ0v) is 17.4. The molecule has 2 fully saturated rings. The number of ether oxygens (including phenoxy) is 1. The average molecular weight is 415 g/mol. The molecule has 2 N–H and O–H groups in total. The molecule has 0 spiro atoms. The van der Waals surface area contributed by atoms with Gasteiger partial charge in [-0.15, -0.1) is 0 Å². The molecule has 2 aliphatic rings. The molecule has 0 bridgehead atoms. The summed E-state index contributed by atoms with van der Waals surface area (Å²) < 4.78 is 5.08. The van der Waals surface area contributed by atoms with Crippen LogP contribution in [0, 0.1) is 17.8 Å². The van der Waals surface area contributed by atoms with Gasteiger partial charge in [-0.25, -0.2) is 0 Å². The molecule has 1 heterocycles. The van der Waals surface area contributed by atoms with Gasteiger partial charge in [0.1, 0.15) is 0 Å². The molecule has 3 rings (SSSR count). The van der Waals surface area contributed by atoms with Gasteiger partial charge in [-0.3, -0.25) is 30.0 Å². The Hall–Kier alpha value is -2.90. The topological polar surface area (TPSA) is 105 Å². The molecule has 1 aromatic carbocycles. The molecule has 1 aromatic rings. The normalized spacial score (nSPS) is 26.2. The van der Waals surface area contributed by atoms with E-state index in [0.29, 0.717) is 23.9 Å². The lowest BCUT2D eigenvalue weighted by Crippen LogP contribution is -2.45. The van der Waals surface area contributed by atoms with Crippen molar-refractivity contribution in [1.82, 2.24) is 15.8 Å². The Morgan fingerprint density at radius 1 is 1.10 bits per heavy atom. The fraction of sp³-hybridized carbons (Fsp3) is 0.545. The monoisotopic (exact) mass is 415 g/mol. The second-order valence-electron chi connectivity index (χ2n) is 8.26. The number of hydrazine groups is 1.